The predicted molar refractivity (Wildman–Crippen MR) is 76.2 cm³/mol. The summed E-state index contributed by atoms with van der Waals surface area (Å²) >= 11 is 3.37. The number of hydrogen-bond donors (Lipinski definition) is 1. The first-order valence-electron chi connectivity index (χ1n) is 5.89. The summed E-state index contributed by atoms with van der Waals surface area (Å²) in [6, 6.07) is 7.62. The monoisotopic (exact) mass is 320 g/mol. The summed E-state index contributed by atoms with van der Waals surface area (Å²) in [5.41, 5.74) is 2.15. The maximum atomic E-state index is 11.2. The summed E-state index contributed by atoms with van der Waals surface area (Å²) in [5, 5.41) is 9.19. The molecule has 0 fully saturated rings. The van der Waals surface area contributed by atoms with Crippen LogP contribution in [0.2, 0.25) is 0 Å². The molecule has 1 heterocycles. The van der Waals surface area contributed by atoms with Crippen LogP contribution in [0.5, 0.6) is 0 Å². The quantitative estimate of drug-likeness (QED) is 0.940. The minimum atomic E-state index is -0.975. The number of aromatic carboxylic acids is 1. The van der Waals surface area contributed by atoms with Gasteiger partial charge in [-0.1, -0.05) is 35.0 Å². The van der Waals surface area contributed by atoms with Crippen LogP contribution in [0.3, 0.4) is 0 Å². The molecule has 2 rings (SSSR count). The molecule has 0 saturated carbocycles. The van der Waals surface area contributed by atoms with E-state index in [4.69, 9.17) is 0 Å². The van der Waals surface area contributed by atoms with Gasteiger partial charge in [0.1, 0.15) is 5.56 Å². The SMILES string of the molecule is CCc1nc(-c2ccc(Br)cc2)nc(C)c1C(=O)O. The van der Waals surface area contributed by atoms with Crippen molar-refractivity contribution in [3.05, 3.63) is 45.7 Å². The van der Waals surface area contributed by atoms with Gasteiger partial charge in [0.15, 0.2) is 5.82 Å². The van der Waals surface area contributed by atoms with Gasteiger partial charge in [-0.2, -0.15) is 0 Å². The van der Waals surface area contributed by atoms with Crippen LogP contribution >= 0.6 is 15.9 Å². The average Bonchev–Trinajstić information content (AvgIpc) is 2.38. The summed E-state index contributed by atoms with van der Waals surface area (Å²) < 4.78 is 0.978. The number of carbonyl (C=O) groups is 1. The Morgan fingerprint density at radius 2 is 1.89 bits per heavy atom. The second kappa shape index (κ2) is 5.48. The Labute approximate surface area is 119 Å². The van der Waals surface area contributed by atoms with Gasteiger partial charge in [-0.05, 0) is 25.5 Å². The lowest BCUT2D eigenvalue weighted by molar-refractivity contribution is 0.0694. The fourth-order valence-electron chi connectivity index (χ4n) is 1.89. The number of aryl methyl sites for hydroxylation is 2. The van der Waals surface area contributed by atoms with Crippen molar-refractivity contribution in [2.75, 3.05) is 0 Å². The number of aromatic nitrogens is 2. The topological polar surface area (TPSA) is 63.1 Å². The summed E-state index contributed by atoms with van der Waals surface area (Å²) in [6.45, 7) is 3.59. The van der Waals surface area contributed by atoms with E-state index in [9.17, 15) is 9.90 Å². The molecule has 0 saturated heterocycles. The summed E-state index contributed by atoms with van der Waals surface area (Å²) in [5.74, 6) is -0.413. The van der Waals surface area contributed by atoms with E-state index in [1.807, 2.05) is 31.2 Å². The minimum Gasteiger partial charge on any atom is -0.478 e. The van der Waals surface area contributed by atoms with E-state index in [-0.39, 0.29) is 5.56 Å². The second-order valence-electron chi connectivity index (χ2n) is 4.12. The van der Waals surface area contributed by atoms with Gasteiger partial charge in [-0.25, -0.2) is 14.8 Å². The van der Waals surface area contributed by atoms with Gasteiger partial charge in [0.25, 0.3) is 0 Å². The molecular weight excluding hydrogens is 308 g/mol. The Hall–Kier alpha value is -1.75. The van der Waals surface area contributed by atoms with Gasteiger partial charge < -0.3 is 5.11 Å². The normalized spacial score (nSPS) is 10.5. The molecule has 0 aliphatic rings. The average molecular weight is 321 g/mol. The van der Waals surface area contributed by atoms with Crippen molar-refractivity contribution in [2.24, 2.45) is 0 Å². The van der Waals surface area contributed by atoms with Crippen molar-refractivity contribution in [2.45, 2.75) is 20.3 Å². The van der Waals surface area contributed by atoms with Crippen LogP contribution in [-0.4, -0.2) is 21.0 Å². The first kappa shape index (κ1) is 13.7. The first-order valence-corrected chi connectivity index (χ1v) is 6.69. The molecule has 0 atom stereocenters. The van der Waals surface area contributed by atoms with E-state index in [2.05, 4.69) is 25.9 Å². The predicted octanol–water partition coefficient (Wildman–Crippen LogP) is 3.48. The van der Waals surface area contributed by atoms with E-state index in [0.717, 1.165) is 10.0 Å². The van der Waals surface area contributed by atoms with E-state index >= 15 is 0 Å². The second-order valence-corrected chi connectivity index (χ2v) is 5.04. The number of rotatable bonds is 3. The van der Waals surface area contributed by atoms with Crippen LogP contribution < -0.4 is 0 Å². The molecule has 5 heteroatoms. The third-order valence-electron chi connectivity index (χ3n) is 2.82. The van der Waals surface area contributed by atoms with E-state index in [1.54, 1.807) is 6.92 Å². The number of carboxylic acid groups (broad SMARTS) is 1. The lowest BCUT2D eigenvalue weighted by Crippen LogP contribution is -2.10. The van der Waals surface area contributed by atoms with Gasteiger partial charge in [0.05, 0.1) is 11.4 Å². The maximum absolute atomic E-state index is 11.2. The standard InChI is InChI=1S/C14H13BrN2O2/c1-3-11-12(14(18)19)8(2)16-13(17-11)9-4-6-10(15)7-5-9/h4-7H,3H2,1-2H3,(H,18,19). The van der Waals surface area contributed by atoms with Gasteiger partial charge in [0, 0.05) is 10.0 Å². The zero-order valence-corrected chi connectivity index (χ0v) is 12.2. The number of hydrogen-bond acceptors (Lipinski definition) is 3. The molecule has 2 aromatic rings. The highest BCUT2D eigenvalue weighted by atomic mass is 79.9. The summed E-state index contributed by atoms with van der Waals surface area (Å²) in [6.07, 6.45) is 0.564. The molecule has 1 aromatic carbocycles. The molecule has 0 amide bonds. The lowest BCUT2D eigenvalue weighted by atomic mass is 10.1. The fraction of sp³-hybridized carbons (Fsp3) is 0.214. The number of nitrogens with zero attached hydrogens (tertiary/aromatic N) is 2. The van der Waals surface area contributed by atoms with Gasteiger partial charge in [0.2, 0.25) is 0 Å². The van der Waals surface area contributed by atoms with E-state index < -0.39 is 5.97 Å². The van der Waals surface area contributed by atoms with Crippen molar-refractivity contribution < 1.29 is 9.90 Å². The van der Waals surface area contributed by atoms with E-state index in [1.165, 1.54) is 0 Å². The molecule has 0 aliphatic carbocycles. The Morgan fingerprint density at radius 1 is 1.26 bits per heavy atom. The van der Waals surface area contributed by atoms with Crippen LogP contribution in [0, 0.1) is 6.92 Å². The summed E-state index contributed by atoms with van der Waals surface area (Å²) in [7, 11) is 0. The van der Waals surface area contributed by atoms with Crippen LogP contribution in [0.15, 0.2) is 28.7 Å². The highest BCUT2D eigenvalue weighted by Gasteiger charge is 2.17. The van der Waals surface area contributed by atoms with Crippen LogP contribution in [0.4, 0.5) is 0 Å². The largest absolute Gasteiger partial charge is 0.478 e. The molecule has 0 spiro atoms. The summed E-state index contributed by atoms with van der Waals surface area (Å²) in [4.78, 5) is 19.9. The number of benzene rings is 1. The molecule has 0 radical (unpaired) electrons. The molecule has 1 aromatic heterocycles. The lowest BCUT2D eigenvalue weighted by Gasteiger charge is -2.09. The fourth-order valence-corrected chi connectivity index (χ4v) is 2.16. The molecular formula is C14H13BrN2O2. The number of carboxylic acids is 1. The minimum absolute atomic E-state index is 0.211. The van der Waals surface area contributed by atoms with Crippen LogP contribution in [0.25, 0.3) is 11.4 Å². The maximum Gasteiger partial charge on any atom is 0.339 e. The highest BCUT2D eigenvalue weighted by molar-refractivity contribution is 9.10. The van der Waals surface area contributed by atoms with Crippen LogP contribution in [0.1, 0.15) is 28.7 Å². The zero-order chi connectivity index (χ0) is 14.0. The molecule has 98 valence electrons. The van der Waals surface area contributed by atoms with Gasteiger partial charge >= 0.3 is 5.97 Å². The van der Waals surface area contributed by atoms with Crippen molar-refractivity contribution in [3.63, 3.8) is 0 Å². The van der Waals surface area contributed by atoms with Crippen molar-refractivity contribution >= 4 is 21.9 Å². The van der Waals surface area contributed by atoms with Crippen molar-refractivity contribution in [1.82, 2.24) is 9.97 Å². The molecule has 1 N–H and O–H groups in total. The first-order chi connectivity index (χ1) is 9.02. The zero-order valence-electron chi connectivity index (χ0n) is 10.6. The Morgan fingerprint density at radius 3 is 2.42 bits per heavy atom. The van der Waals surface area contributed by atoms with Gasteiger partial charge in [-0.3, -0.25) is 0 Å². The Bertz CT molecular complexity index is 624. The molecule has 19 heavy (non-hydrogen) atoms. The third-order valence-corrected chi connectivity index (χ3v) is 3.34. The third kappa shape index (κ3) is 2.81. The smallest absolute Gasteiger partial charge is 0.339 e. The molecule has 0 aliphatic heterocycles. The van der Waals surface area contributed by atoms with Crippen LogP contribution in [-0.2, 0) is 6.42 Å². The van der Waals surface area contributed by atoms with Gasteiger partial charge in [-0.15, -0.1) is 0 Å². The highest BCUT2D eigenvalue weighted by Crippen LogP contribution is 2.21. The molecule has 0 bridgehead atoms. The molecule has 0 unspecified atom stereocenters. The number of halogens is 1. The Kier molecular flexibility index (Phi) is 3.95. The van der Waals surface area contributed by atoms with Crippen molar-refractivity contribution in [3.8, 4) is 11.4 Å². The van der Waals surface area contributed by atoms with Crippen molar-refractivity contribution in [1.29, 1.82) is 0 Å². The Balaban J connectivity index is 2.57. The molecule has 4 nitrogen and oxygen atoms in total. The van der Waals surface area contributed by atoms with E-state index in [0.29, 0.717) is 23.6 Å².